The van der Waals surface area contributed by atoms with Crippen LogP contribution in [0, 0.1) is 0 Å². The third-order valence-electron chi connectivity index (χ3n) is 4.51. The summed E-state index contributed by atoms with van der Waals surface area (Å²) in [6.45, 7) is 5.68. The van der Waals surface area contributed by atoms with Crippen LogP contribution in [0.15, 0.2) is 77.4 Å². The molecule has 0 fully saturated rings. The van der Waals surface area contributed by atoms with Gasteiger partial charge < -0.3 is 19.9 Å². The molecule has 1 atom stereocenters. The van der Waals surface area contributed by atoms with E-state index in [2.05, 4.69) is 10.3 Å². The summed E-state index contributed by atoms with van der Waals surface area (Å²) in [7, 11) is 0. The van der Waals surface area contributed by atoms with Gasteiger partial charge in [0.15, 0.2) is 0 Å². The number of hydrogen-bond acceptors (Lipinski definition) is 6. The van der Waals surface area contributed by atoms with Crippen LogP contribution in [0.25, 0.3) is 0 Å². The zero-order valence-corrected chi connectivity index (χ0v) is 20.5. The highest BCUT2D eigenvalue weighted by Gasteiger charge is 2.21. The van der Waals surface area contributed by atoms with Crippen molar-refractivity contribution in [3.63, 3.8) is 0 Å². The summed E-state index contributed by atoms with van der Waals surface area (Å²) in [5.74, 6) is -1.37. The number of aliphatic imine (C=N–C) groups is 1. The third kappa shape index (κ3) is 14.0. The Balaban J connectivity index is 0.000000462. The van der Waals surface area contributed by atoms with Gasteiger partial charge >= 0.3 is 18.0 Å². The largest absolute Gasteiger partial charge is 0.480 e. The second-order valence-electron chi connectivity index (χ2n) is 7.45. The number of carbonyl (C=O) groups excluding carboxylic acids is 2. The number of nitrogens with one attached hydrogen (secondary N) is 1. The van der Waals surface area contributed by atoms with Gasteiger partial charge in [-0.1, -0.05) is 80.1 Å². The van der Waals surface area contributed by atoms with Crippen molar-refractivity contribution >= 4 is 24.2 Å². The van der Waals surface area contributed by atoms with Crippen LogP contribution < -0.4 is 5.32 Å². The minimum Gasteiger partial charge on any atom is -0.480 e. The Morgan fingerprint density at radius 1 is 0.971 bits per heavy atom. The molecule has 0 aliphatic carbocycles. The van der Waals surface area contributed by atoms with Crippen LogP contribution >= 0.6 is 0 Å². The molecule has 0 bridgehead atoms. The van der Waals surface area contributed by atoms with Gasteiger partial charge in [0.05, 0.1) is 0 Å². The van der Waals surface area contributed by atoms with Gasteiger partial charge in [-0.15, -0.1) is 0 Å². The molecule has 8 heteroatoms. The fourth-order valence-corrected chi connectivity index (χ4v) is 2.63. The summed E-state index contributed by atoms with van der Waals surface area (Å²) in [6.07, 6.45) is 4.61. The number of allylic oxidation sites excluding steroid dienone is 1. The van der Waals surface area contributed by atoms with E-state index in [1.165, 1.54) is 6.92 Å². The number of carboxylic acids is 1. The number of aliphatic carboxylic acids is 1. The summed E-state index contributed by atoms with van der Waals surface area (Å²) in [5, 5.41) is 11.6. The van der Waals surface area contributed by atoms with Crippen molar-refractivity contribution in [2.45, 2.75) is 59.3 Å². The molecule has 2 N–H and O–H groups in total. The average Bonchev–Trinajstić information content (AvgIpc) is 2.86. The van der Waals surface area contributed by atoms with Gasteiger partial charge in [0.1, 0.15) is 19.3 Å². The van der Waals surface area contributed by atoms with Crippen molar-refractivity contribution in [2.75, 3.05) is 0 Å². The van der Waals surface area contributed by atoms with Gasteiger partial charge in [0.2, 0.25) is 0 Å². The maximum absolute atomic E-state index is 11.8. The Kier molecular flexibility index (Phi) is 14.6. The van der Waals surface area contributed by atoms with Gasteiger partial charge in [-0.05, 0) is 24.5 Å². The van der Waals surface area contributed by atoms with Crippen LogP contribution in [0.4, 0.5) is 4.79 Å². The van der Waals surface area contributed by atoms with Crippen molar-refractivity contribution in [2.24, 2.45) is 4.99 Å². The first-order chi connectivity index (χ1) is 16.8. The fraction of sp³-hybridized carbons (Fsp3) is 0.333. The topological polar surface area (TPSA) is 114 Å². The van der Waals surface area contributed by atoms with Crippen molar-refractivity contribution in [1.82, 2.24) is 5.32 Å². The predicted molar refractivity (Wildman–Crippen MR) is 135 cm³/mol. The molecule has 188 valence electrons. The lowest BCUT2D eigenvalue weighted by atomic mass is 10.1. The molecule has 2 rings (SSSR count). The number of rotatable bonds is 11. The number of alkyl carbamates (subject to hydrolysis) is 1. The molecule has 0 radical (unpaired) electrons. The van der Waals surface area contributed by atoms with E-state index < -0.39 is 18.1 Å². The van der Waals surface area contributed by atoms with E-state index in [1.807, 2.05) is 67.6 Å². The summed E-state index contributed by atoms with van der Waals surface area (Å²) in [4.78, 5) is 37.8. The lowest BCUT2D eigenvalue weighted by molar-refractivity contribution is -0.142. The molecule has 0 aliphatic heterocycles. The zero-order chi connectivity index (χ0) is 25.9. The average molecular weight is 483 g/mol. The highest BCUT2D eigenvalue weighted by molar-refractivity contribution is 5.80. The predicted octanol–water partition coefficient (Wildman–Crippen LogP) is 5.28. The summed E-state index contributed by atoms with van der Waals surface area (Å²) >= 11 is 0. The van der Waals surface area contributed by atoms with Crippen molar-refractivity contribution in [3.05, 3.63) is 83.6 Å². The number of nitrogens with zero attached hydrogens (tertiary/aromatic N) is 1. The van der Waals surface area contributed by atoms with E-state index in [0.29, 0.717) is 12.3 Å². The standard InChI is InChI=1S/C18H24N2O4.C9H10O2/c1-3-5-11-19-15(4-2)12-16(17(21)22)20-18(23)24-13-14-9-7-6-8-10-14;1-8(10)11-7-9-5-3-2-4-6-9/h4,6-11,16H,3,5,12-13H2,1-2H3,(H,20,23)(H,21,22);2-6H,7H2,1H3/b15-4-,19-11?;. The molecule has 0 saturated carbocycles. The smallest absolute Gasteiger partial charge is 0.408 e. The van der Waals surface area contributed by atoms with Crippen molar-refractivity contribution in [3.8, 4) is 0 Å². The van der Waals surface area contributed by atoms with Gasteiger partial charge in [0.25, 0.3) is 0 Å². The Labute approximate surface area is 206 Å². The molecule has 2 aromatic rings. The number of carbonyl (C=O) groups is 3. The van der Waals surface area contributed by atoms with Crippen LogP contribution in [0.5, 0.6) is 0 Å². The molecule has 1 amide bonds. The van der Waals surface area contributed by atoms with E-state index in [0.717, 1.165) is 24.0 Å². The molecule has 0 spiro atoms. The van der Waals surface area contributed by atoms with Crippen LogP contribution in [-0.4, -0.2) is 35.4 Å². The number of benzene rings is 2. The zero-order valence-electron chi connectivity index (χ0n) is 20.5. The molecular weight excluding hydrogens is 448 g/mol. The van der Waals surface area contributed by atoms with Crippen molar-refractivity contribution in [1.29, 1.82) is 0 Å². The molecule has 8 nitrogen and oxygen atoms in total. The first kappa shape index (κ1) is 29.1. The lowest BCUT2D eigenvalue weighted by Gasteiger charge is -2.15. The third-order valence-corrected chi connectivity index (χ3v) is 4.51. The minimum absolute atomic E-state index is 0.0874. The highest BCUT2D eigenvalue weighted by atomic mass is 16.5. The van der Waals surface area contributed by atoms with Crippen LogP contribution in [-0.2, 0) is 32.3 Å². The number of unbranched alkanes of at least 4 members (excludes halogenated alkanes) is 1. The van der Waals surface area contributed by atoms with E-state index in [-0.39, 0.29) is 19.0 Å². The van der Waals surface area contributed by atoms with Crippen LogP contribution in [0.3, 0.4) is 0 Å². The molecule has 0 heterocycles. The fourth-order valence-electron chi connectivity index (χ4n) is 2.63. The first-order valence-corrected chi connectivity index (χ1v) is 11.4. The Morgan fingerprint density at radius 2 is 1.51 bits per heavy atom. The maximum atomic E-state index is 11.8. The molecular formula is C27H34N2O6. The normalized spacial score (nSPS) is 11.7. The number of hydrogen-bond donors (Lipinski definition) is 2. The Hall–Kier alpha value is -3.94. The van der Waals surface area contributed by atoms with E-state index in [4.69, 9.17) is 9.47 Å². The molecule has 35 heavy (non-hydrogen) atoms. The summed E-state index contributed by atoms with van der Waals surface area (Å²) in [5.41, 5.74) is 2.46. The van der Waals surface area contributed by atoms with E-state index in [9.17, 15) is 19.5 Å². The first-order valence-electron chi connectivity index (χ1n) is 11.4. The molecule has 0 saturated heterocycles. The molecule has 0 aliphatic rings. The molecule has 1 unspecified atom stereocenters. The number of carboxylic acid groups (broad SMARTS) is 1. The minimum atomic E-state index is -1.13. The van der Waals surface area contributed by atoms with Gasteiger partial charge in [-0.3, -0.25) is 9.79 Å². The maximum Gasteiger partial charge on any atom is 0.408 e. The van der Waals surface area contributed by atoms with E-state index >= 15 is 0 Å². The lowest BCUT2D eigenvalue weighted by Crippen LogP contribution is -2.41. The quantitative estimate of drug-likeness (QED) is 0.333. The summed E-state index contributed by atoms with van der Waals surface area (Å²) < 4.78 is 9.84. The van der Waals surface area contributed by atoms with Gasteiger partial charge in [-0.25, -0.2) is 9.59 Å². The van der Waals surface area contributed by atoms with Gasteiger partial charge in [-0.2, -0.15) is 0 Å². The monoisotopic (exact) mass is 482 g/mol. The second-order valence-corrected chi connectivity index (χ2v) is 7.45. The van der Waals surface area contributed by atoms with Crippen molar-refractivity contribution < 1.29 is 29.0 Å². The highest BCUT2D eigenvalue weighted by Crippen LogP contribution is 2.09. The van der Waals surface area contributed by atoms with E-state index in [1.54, 1.807) is 19.2 Å². The summed E-state index contributed by atoms with van der Waals surface area (Å²) in [6, 6.07) is 17.7. The molecule has 2 aromatic carbocycles. The van der Waals surface area contributed by atoms with Crippen LogP contribution in [0.1, 0.15) is 51.2 Å². The Morgan fingerprint density at radius 3 is 1.97 bits per heavy atom. The number of esters is 1. The molecule has 0 aromatic heterocycles. The SMILES string of the molecule is C/C=C(/CC(NC(=O)OCc1ccccc1)C(=O)O)N=CCCC.CC(=O)OCc1ccccc1. The van der Waals surface area contributed by atoms with Gasteiger partial charge in [0, 0.05) is 25.3 Å². The second kappa shape index (κ2) is 17.5. The number of amides is 1. The number of ether oxygens (including phenoxy) is 2. The Bertz CT molecular complexity index is 958. The van der Waals surface area contributed by atoms with Crippen LogP contribution in [0.2, 0.25) is 0 Å².